The predicted octanol–water partition coefficient (Wildman–Crippen LogP) is 16.7. The van der Waals surface area contributed by atoms with E-state index in [0.717, 1.165) is 50.1 Å². The Kier molecular flexibility index (Phi) is 7.92. The molecule has 1 aromatic heterocycles. The Morgan fingerprint density at radius 2 is 0.951 bits per heavy atom. The average Bonchev–Trinajstić information content (AvgIpc) is 3.81. The first-order valence-corrected chi connectivity index (χ1v) is 21.2. The van der Waals surface area contributed by atoms with Crippen molar-refractivity contribution in [3.8, 4) is 44.5 Å². The fourth-order valence-corrected chi connectivity index (χ4v) is 10.1. The zero-order valence-electron chi connectivity index (χ0n) is 34.1. The van der Waals surface area contributed by atoms with Gasteiger partial charge < -0.3 is 9.32 Å². The van der Waals surface area contributed by atoms with E-state index in [2.05, 4.69) is 225 Å². The molecule has 61 heavy (non-hydrogen) atoms. The molecular formula is C59H41NO. The number of rotatable bonds is 6. The Morgan fingerprint density at radius 3 is 1.77 bits per heavy atom. The summed E-state index contributed by atoms with van der Waals surface area (Å²) in [4.78, 5) is 2.39. The highest BCUT2D eigenvalue weighted by molar-refractivity contribution is 6.13. The van der Waals surface area contributed by atoms with Gasteiger partial charge in [0.05, 0.1) is 5.69 Å². The van der Waals surface area contributed by atoms with Crippen molar-refractivity contribution in [3.63, 3.8) is 0 Å². The van der Waals surface area contributed by atoms with Crippen LogP contribution >= 0.6 is 0 Å². The van der Waals surface area contributed by atoms with Crippen molar-refractivity contribution in [1.29, 1.82) is 0 Å². The zero-order chi connectivity index (χ0) is 40.7. The van der Waals surface area contributed by atoms with Crippen LogP contribution in [-0.4, -0.2) is 0 Å². The quantitative estimate of drug-likeness (QED) is 0.156. The van der Waals surface area contributed by atoms with E-state index in [0.29, 0.717) is 0 Å². The highest BCUT2D eigenvalue weighted by Gasteiger charge is 2.35. The highest BCUT2D eigenvalue weighted by Crippen LogP contribution is 2.50. The number of para-hydroxylation sites is 3. The van der Waals surface area contributed by atoms with Gasteiger partial charge in [-0.05, 0) is 109 Å². The van der Waals surface area contributed by atoms with E-state index < -0.39 is 0 Å². The van der Waals surface area contributed by atoms with Crippen LogP contribution < -0.4 is 4.90 Å². The molecule has 1 aliphatic rings. The predicted molar refractivity (Wildman–Crippen MR) is 257 cm³/mol. The maximum atomic E-state index is 6.62. The summed E-state index contributed by atoms with van der Waals surface area (Å²) >= 11 is 0. The van der Waals surface area contributed by atoms with Crippen LogP contribution in [0.25, 0.3) is 88.0 Å². The molecule has 1 aliphatic carbocycles. The number of anilines is 3. The van der Waals surface area contributed by atoms with Crippen molar-refractivity contribution in [1.82, 2.24) is 0 Å². The van der Waals surface area contributed by atoms with Crippen LogP contribution in [0.1, 0.15) is 25.0 Å². The molecule has 0 fully saturated rings. The fourth-order valence-electron chi connectivity index (χ4n) is 10.1. The summed E-state index contributed by atoms with van der Waals surface area (Å²) in [5.41, 5.74) is 17.4. The number of hydrogen-bond acceptors (Lipinski definition) is 2. The van der Waals surface area contributed by atoms with Gasteiger partial charge in [0.1, 0.15) is 11.2 Å². The molecule has 12 rings (SSSR count). The summed E-state index contributed by atoms with van der Waals surface area (Å²) in [5.74, 6) is 0. The summed E-state index contributed by atoms with van der Waals surface area (Å²) in [5, 5.41) is 7.30. The SMILES string of the molecule is CC1(C)c2ccccc2-c2ccc(-c3ccc(N(c4ccc(-c5cccc6c5ccc5ccccc56)cc4)c4ccccc4-c4cccc5c4oc4ccccc45)cc3)cc21. The van der Waals surface area contributed by atoms with E-state index >= 15 is 0 Å². The van der Waals surface area contributed by atoms with Gasteiger partial charge in [0.25, 0.3) is 0 Å². The van der Waals surface area contributed by atoms with Gasteiger partial charge in [-0.15, -0.1) is 0 Å². The third-order valence-electron chi connectivity index (χ3n) is 13.1. The summed E-state index contributed by atoms with van der Waals surface area (Å²) < 4.78 is 6.62. The molecule has 0 bridgehead atoms. The first-order chi connectivity index (χ1) is 30.0. The Labute approximate surface area is 355 Å². The number of hydrogen-bond donors (Lipinski definition) is 0. The maximum absolute atomic E-state index is 6.62. The van der Waals surface area contributed by atoms with Crippen molar-refractivity contribution in [2.45, 2.75) is 19.3 Å². The number of nitrogens with zero attached hydrogens (tertiary/aromatic N) is 1. The van der Waals surface area contributed by atoms with Crippen LogP contribution in [0.2, 0.25) is 0 Å². The average molecular weight is 780 g/mol. The minimum Gasteiger partial charge on any atom is -0.455 e. The van der Waals surface area contributed by atoms with Crippen molar-refractivity contribution < 1.29 is 4.42 Å². The molecule has 2 nitrogen and oxygen atoms in total. The molecule has 10 aromatic carbocycles. The molecule has 0 unspecified atom stereocenters. The lowest BCUT2D eigenvalue weighted by Gasteiger charge is -2.28. The standard InChI is InChI=1S/C59H41NO/c1-59(2)54-22-8-5-15-48(54)49-36-30-41(37-55(49)59)38-25-31-42(32-26-38)60(56-23-9-6-16-50(56)52-20-12-21-53-51-17-7-10-24-57(51)61-58(52)53)43-33-27-40(28-34-43)45-18-11-19-46-44-14-4-3-13-39(44)29-35-47(45)46/h3-37H,1-2H3. The topological polar surface area (TPSA) is 16.4 Å². The number of furan rings is 1. The molecule has 0 amide bonds. The molecule has 0 atom stereocenters. The first-order valence-electron chi connectivity index (χ1n) is 21.2. The highest BCUT2D eigenvalue weighted by atomic mass is 16.3. The monoisotopic (exact) mass is 779 g/mol. The summed E-state index contributed by atoms with van der Waals surface area (Å²) in [6.45, 7) is 4.69. The Bertz CT molecular complexity index is 3500. The second-order valence-corrected chi connectivity index (χ2v) is 16.8. The van der Waals surface area contributed by atoms with Crippen molar-refractivity contribution in [3.05, 3.63) is 223 Å². The first kappa shape index (κ1) is 35.3. The van der Waals surface area contributed by atoms with E-state index in [1.54, 1.807) is 0 Å². The summed E-state index contributed by atoms with van der Waals surface area (Å²) in [6, 6.07) is 77.4. The van der Waals surface area contributed by atoms with Crippen molar-refractivity contribution in [2.24, 2.45) is 0 Å². The maximum Gasteiger partial charge on any atom is 0.143 e. The van der Waals surface area contributed by atoms with Gasteiger partial charge in [0.15, 0.2) is 0 Å². The zero-order valence-corrected chi connectivity index (χ0v) is 34.1. The molecule has 0 aliphatic heterocycles. The lowest BCUT2D eigenvalue weighted by Crippen LogP contribution is -2.14. The van der Waals surface area contributed by atoms with Crippen LogP contribution in [-0.2, 0) is 5.41 Å². The van der Waals surface area contributed by atoms with Gasteiger partial charge in [0, 0.05) is 38.7 Å². The van der Waals surface area contributed by atoms with Crippen LogP contribution in [0.4, 0.5) is 17.1 Å². The second kappa shape index (κ2) is 13.7. The minimum atomic E-state index is -0.0585. The molecule has 1 heterocycles. The van der Waals surface area contributed by atoms with E-state index in [1.807, 2.05) is 6.07 Å². The van der Waals surface area contributed by atoms with Crippen LogP contribution in [0.5, 0.6) is 0 Å². The molecule has 11 aromatic rings. The van der Waals surface area contributed by atoms with Gasteiger partial charge in [-0.1, -0.05) is 184 Å². The molecular weight excluding hydrogens is 739 g/mol. The largest absolute Gasteiger partial charge is 0.455 e. The third-order valence-corrected chi connectivity index (χ3v) is 13.1. The van der Waals surface area contributed by atoms with Crippen molar-refractivity contribution >= 4 is 60.5 Å². The molecule has 0 spiro atoms. The van der Waals surface area contributed by atoms with Gasteiger partial charge in [0.2, 0.25) is 0 Å². The molecule has 0 saturated carbocycles. The van der Waals surface area contributed by atoms with E-state index in [-0.39, 0.29) is 5.41 Å². The van der Waals surface area contributed by atoms with Crippen LogP contribution in [0.15, 0.2) is 217 Å². The van der Waals surface area contributed by atoms with E-state index in [4.69, 9.17) is 4.42 Å². The van der Waals surface area contributed by atoms with Gasteiger partial charge in [-0.2, -0.15) is 0 Å². The number of benzene rings is 10. The summed E-state index contributed by atoms with van der Waals surface area (Å²) in [7, 11) is 0. The molecule has 0 saturated heterocycles. The third kappa shape index (κ3) is 5.56. The lowest BCUT2D eigenvalue weighted by molar-refractivity contribution is 0.660. The fraction of sp³-hybridized carbons (Fsp3) is 0.0508. The lowest BCUT2D eigenvalue weighted by atomic mass is 9.81. The molecule has 0 radical (unpaired) electrons. The van der Waals surface area contributed by atoms with Crippen molar-refractivity contribution in [2.75, 3.05) is 4.90 Å². The molecule has 0 N–H and O–H groups in total. The van der Waals surface area contributed by atoms with Gasteiger partial charge in [-0.3, -0.25) is 0 Å². The minimum absolute atomic E-state index is 0.0585. The summed E-state index contributed by atoms with van der Waals surface area (Å²) in [6.07, 6.45) is 0. The van der Waals surface area contributed by atoms with Crippen LogP contribution in [0.3, 0.4) is 0 Å². The van der Waals surface area contributed by atoms with Crippen LogP contribution in [0, 0.1) is 0 Å². The van der Waals surface area contributed by atoms with Gasteiger partial charge >= 0.3 is 0 Å². The van der Waals surface area contributed by atoms with E-state index in [1.165, 1.54) is 66.1 Å². The Balaban J connectivity index is 0.992. The Hall–Kier alpha value is -7.68. The Morgan fingerprint density at radius 1 is 0.361 bits per heavy atom. The van der Waals surface area contributed by atoms with E-state index in [9.17, 15) is 0 Å². The smallest absolute Gasteiger partial charge is 0.143 e. The normalized spacial score (nSPS) is 12.9. The van der Waals surface area contributed by atoms with Gasteiger partial charge in [-0.25, -0.2) is 0 Å². The molecule has 2 heteroatoms. The number of fused-ring (bicyclic) bond motifs is 9. The molecule has 288 valence electrons. The second-order valence-electron chi connectivity index (χ2n) is 16.8.